The highest BCUT2D eigenvalue weighted by Crippen LogP contribution is 2.27. The molecule has 3 aromatic carbocycles. The topological polar surface area (TPSA) is 103 Å². The molecular formula is C25H23N5O3S2. The van der Waals surface area contributed by atoms with Gasteiger partial charge in [-0.1, -0.05) is 54.2 Å². The van der Waals surface area contributed by atoms with Crippen LogP contribution in [0.4, 0.5) is 5.69 Å². The number of nitrogens with zero attached hydrogens (tertiary/aromatic N) is 4. The van der Waals surface area contributed by atoms with Gasteiger partial charge in [0.1, 0.15) is 0 Å². The number of nitro benzene ring substituents is 1. The Morgan fingerprint density at radius 2 is 1.69 bits per heavy atom. The summed E-state index contributed by atoms with van der Waals surface area (Å²) in [6, 6.07) is 24.1. The largest absolute Gasteiger partial charge is 0.348 e. The summed E-state index contributed by atoms with van der Waals surface area (Å²) < 4.78 is 1.83. The minimum absolute atomic E-state index is 0.00345. The number of benzene rings is 3. The van der Waals surface area contributed by atoms with Gasteiger partial charge in [0.2, 0.25) is 5.91 Å². The van der Waals surface area contributed by atoms with Gasteiger partial charge in [-0.15, -0.1) is 22.0 Å². The van der Waals surface area contributed by atoms with Crippen LogP contribution in [-0.4, -0.2) is 31.3 Å². The van der Waals surface area contributed by atoms with Crippen molar-refractivity contribution in [2.24, 2.45) is 0 Å². The van der Waals surface area contributed by atoms with E-state index in [1.54, 1.807) is 12.1 Å². The number of carbonyl (C=O) groups is 1. The normalized spacial score (nSPS) is 10.8. The van der Waals surface area contributed by atoms with Crippen LogP contribution in [0.25, 0.3) is 5.69 Å². The molecule has 1 aromatic heterocycles. The van der Waals surface area contributed by atoms with Crippen LogP contribution in [0.5, 0.6) is 0 Å². The van der Waals surface area contributed by atoms with E-state index in [2.05, 4.69) is 34.6 Å². The highest BCUT2D eigenvalue weighted by molar-refractivity contribution is 8.00. The zero-order chi connectivity index (χ0) is 24.6. The Labute approximate surface area is 211 Å². The molecule has 1 amide bonds. The molecule has 0 fully saturated rings. The molecule has 0 aliphatic carbocycles. The third kappa shape index (κ3) is 6.49. The lowest BCUT2D eigenvalue weighted by molar-refractivity contribution is -0.384. The molecule has 0 atom stereocenters. The molecule has 0 saturated heterocycles. The van der Waals surface area contributed by atoms with Gasteiger partial charge in [0.15, 0.2) is 11.0 Å². The molecule has 0 bridgehead atoms. The van der Waals surface area contributed by atoms with Crippen molar-refractivity contribution in [2.75, 3.05) is 5.75 Å². The molecule has 10 heteroatoms. The van der Waals surface area contributed by atoms with E-state index in [0.717, 1.165) is 4.90 Å². The Hall–Kier alpha value is -3.63. The summed E-state index contributed by atoms with van der Waals surface area (Å²) in [6.07, 6.45) is 0. The summed E-state index contributed by atoms with van der Waals surface area (Å²) in [4.78, 5) is 24.1. The van der Waals surface area contributed by atoms with Crippen LogP contribution in [-0.2, 0) is 17.1 Å². The monoisotopic (exact) mass is 505 g/mol. The van der Waals surface area contributed by atoms with Crippen LogP contribution in [0.1, 0.15) is 17.0 Å². The minimum Gasteiger partial charge on any atom is -0.348 e. The summed E-state index contributed by atoms with van der Waals surface area (Å²) in [7, 11) is 0. The summed E-state index contributed by atoms with van der Waals surface area (Å²) in [6.45, 7) is 2.24. The lowest BCUT2D eigenvalue weighted by atomic mass is 10.1. The summed E-state index contributed by atoms with van der Waals surface area (Å²) in [5.74, 6) is 1.40. The first-order valence-corrected chi connectivity index (χ1v) is 12.8. The van der Waals surface area contributed by atoms with Crippen molar-refractivity contribution < 1.29 is 9.72 Å². The molecule has 4 rings (SSSR count). The molecule has 1 N–H and O–H groups in total. The van der Waals surface area contributed by atoms with Crippen molar-refractivity contribution in [3.05, 3.63) is 106 Å². The standard InChI is InChI=1S/C25H23N5O3S2/c1-18-7-5-6-8-19(18)16-35-25-28-27-23(29(25)20-11-13-21(14-12-20)30(32)33)15-26-24(31)17-34-22-9-3-2-4-10-22/h2-14H,15-17H2,1H3,(H,26,31). The van der Waals surface area contributed by atoms with Crippen molar-refractivity contribution in [1.82, 2.24) is 20.1 Å². The number of nitrogens with one attached hydrogen (secondary N) is 1. The SMILES string of the molecule is Cc1ccccc1CSc1nnc(CNC(=O)CSc2ccccc2)n1-c1ccc([N+](=O)[O-])cc1. The van der Waals surface area contributed by atoms with E-state index in [1.165, 1.54) is 46.8 Å². The van der Waals surface area contributed by atoms with Gasteiger partial charge in [-0.3, -0.25) is 19.5 Å². The predicted molar refractivity (Wildman–Crippen MR) is 138 cm³/mol. The fourth-order valence-corrected chi connectivity index (χ4v) is 5.10. The van der Waals surface area contributed by atoms with Gasteiger partial charge in [-0.05, 0) is 42.3 Å². The Kier molecular flexibility index (Phi) is 8.17. The summed E-state index contributed by atoms with van der Waals surface area (Å²) in [5.41, 5.74) is 3.06. The molecule has 178 valence electrons. The second-order valence-corrected chi connectivity index (χ2v) is 9.59. The number of aryl methyl sites for hydroxylation is 1. The lowest BCUT2D eigenvalue weighted by Gasteiger charge is -2.11. The number of hydrogen-bond donors (Lipinski definition) is 1. The van der Waals surface area contributed by atoms with Crippen molar-refractivity contribution in [3.63, 3.8) is 0 Å². The maximum Gasteiger partial charge on any atom is 0.269 e. The van der Waals surface area contributed by atoms with Crippen LogP contribution in [0, 0.1) is 17.0 Å². The molecule has 8 nitrogen and oxygen atoms in total. The minimum atomic E-state index is -0.435. The molecule has 0 aliphatic heterocycles. The van der Waals surface area contributed by atoms with E-state index >= 15 is 0 Å². The van der Waals surface area contributed by atoms with Crippen molar-refractivity contribution in [2.45, 2.75) is 29.3 Å². The highest BCUT2D eigenvalue weighted by atomic mass is 32.2. The Morgan fingerprint density at radius 1 is 0.971 bits per heavy atom. The number of non-ortho nitro benzene ring substituents is 1. The first-order valence-electron chi connectivity index (χ1n) is 10.8. The number of amides is 1. The highest BCUT2D eigenvalue weighted by Gasteiger charge is 2.17. The number of rotatable bonds is 10. The van der Waals surface area contributed by atoms with E-state index in [-0.39, 0.29) is 23.9 Å². The average molecular weight is 506 g/mol. The molecule has 35 heavy (non-hydrogen) atoms. The zero-order valence-electron chi connectivity index (χ0n) is 19.0. The first-order chi connectivity index (χ1) is 17.0. The molecule has 0 radical (unpaired) electrons. The van der Waals surface area contributed by atoms with Crippen molar-refractivity contribution >= 4 is 35.1 Å². The fourth-order valence-electron chi connectivity index (χ4n) is 3.30. The van der Waals surface area contributed by atoms with E-state index < -0.39 is 4.92 Å². The molecule has 1 heterocycles. The Balaban J connectivity index is 1.51. The van der Waals surface area contributed by atoms with Gasteiger partial charge >= 0.3 is 0 Å². The van der Waals surface area contributed by atoms with Crippen molar-refractivity contribution in [3.8, 4) is 5.69 Å². The average Bonchev–Trinajstić information content (AvgIpc) is 3.29. The number of aromatic nitrogens is 3. The van der Waals surface area contributed by atoms with Gasteiger partial charge in [0.25, 0.3) is 5.69 Å². The van der Waals surface area contributed by atoms with Crippen LogP contribution >= 0.6 is 23.5 Å². The summed E-state index contributed by atoms with van der Waals surface area (Å²) in [5, 5.41) is 23.3. The van der Waals surface area contributed by atoms with Crippen LogP contribution < -0.4 is 5.32 Å². The van der Waals surface area contributed by atoms with E-state index in [9.17, 15) is 14.9 Å². The van der Waals surface area contributed by atoms with Crippen LogP contribution in [0.3, 0.4) is 0 Å². The third-order valence-electron chi connectivity index (χ3n) is 5.19. The zero-order valence-corrected chi connectivity index (χ0v) is 20.6. The fraction of sp³-hybridized carbons (Fsp3) is 0.160. The van der Waals surface area contributed by atoms with Crippen LogP contribution in [0.2, 0.25) is 0 Å². The Morgan fingerprint density at radius 3 is 2.40 bits per heavy atom. The smallest absolute Gasteiger partial charge is 0.269 e. The molecular weight excluding hydrogens is 482 g/mol. The van der Waals surface area contributed by atoms with Gasteiger partial charge in [-0.2, -0.15) is 0 Å². The molecule has 0 aliphatic rings. The van der Waals surface area contributed by atoms with Crippen molar-refractivity contribution in [1.29, 1.82) is 0 Å². The molecule has 0 spiro atoms. The second-order valence-electron chi connectivity index (χ2n) is 7.60. The molecule has 0 saturated carbocycles. The third-order valence-corrected chi connectivity index (χ3v) is 7.18. The molecule has 0 unspecified atom stereocenters. The van der Waals surface area contributed by atoms with Gasteiger partial charge in [0.05, 0.1) is 17.2 Å². The van der Waals surface area contributed by atoms with E-state index in [4.69, 9.17) is 0 Å². The van der Waals surface area contributed by atoms with Crippen LogP contribution in [0.15, 0.2) is 88.9 Å². The maximum atomic E-state index is 12.4. The van der Waals surface area contributed by atoms with Gasteiger partial charge in [0, 0.05) is 28.5 Å². The molecule has 4 aromatic rings. The number of thioether (sulfide) groups is 2. The Bertz CT molecular complexity index is 1310. The summed E-state index contributed by atoms with van der Waals surface area (Å²) >= 11 is 2.98. The number of carbonyl (C=O) groups excluding carboxylic acids is 1. The predicted octanol–water partition coefficient (Wildman–Crippen LogP) is 5.18. The van der Waals surface area contributed by atoms with Gasteiger partial charge < -0.3 is 5.32 Å². The second kappa shape index (κ2) is 11.7. The lowest BCUT2D eigenvalue weighted by Crippen LogP contribution is -2.26. The number of hydrogen-bond acceptors (Lipinski definition) is 7. The first kappa shape index (κ1) is 24.5. The van der Waals surface area contributed by atoms with E-state index in [1.807, 2.05) is 47.0 Å². The quantitative estimate of drug-likeness (QED) is 0.180. The maximum absolute atomic E-state index is 12.4. The van der Waals surface area contributed by atoms with E-state index in [0.29, 0.717) is 22.4 Å². The number of nitro groups is 1. The van der Waals surface area contributed by atoms with Gasteiger partial charge in [-0.25, -0.2) is 0 Å².